The van der Waals surface area contributed by atoms with E-state index in [2.05, 4.69) is 30.0 Å². The molecular weight excluding hydrogens is 150 g/mol. The lowest BCUT2D eigenvalue weighted by molar-refractivity contribution is 0.734. The molecule has 0 aliphatic rings. The molecule has 3 nitrogen and oxygen atoms in total. The number of hydrogen-bond donors (Lipinski definition) is 0. The van der Waals surface area contributed by atoms with Gasteiger partial charge in [-0.3, -0.25) is 4.99 Å². The molecule has 0 aliphatic carbocycles. The summed E-state index contributed by atoms with van der Waals surface area (Å²) in [7, 11) is 3.71. The Labute approximate surface area is 72.8 Å². The summed E-state index contributed by atoms with van der Waals surface area (Å²) < 4.78 is 1.94. The highest BCUT2D eigenvalue weighted by atomic mass is 15.1. The van der Waals surface area contributed by atoms with Crippen LogP contribution in [-0.2, 0) is 7.05 Å². The number of aromatic nitrogens is 2. The normalized spacial score (nSPS) is 12.6. The molecule has 0 unspecified atom stereocenters. The molecule has 0 radical (unpaired) electrons. The molecular formula is C9H15N3. The predicted molar refractivity (Wildman–Crippen MR) is 48.8 cm³/mol. The number of rotatable bonds is 1. The van der Waals surface area contributed by atoms with Crippen molar-refractivity contribution in [2.75, 3.05) is 7.05 Å². The summed E-state index contributed by atoms with van der Waals surface area (Å²) in [6.45, 7) is 4.31. The van der Waals surface area contributed by atoms with E-state index in [0.717, 1.165) is 5.62 Å². The maximum Gasteiger partial charge on any atom is 0.224 e. The van der Waals surface area contributed by atoms with Crippen molar-refractivity contribution >= 4 is 0 Å². The van der Waals surface area contributed by atoms with E-state index in [1.165, 1.54) is 5.56 Å². The van der Waals surface area contributed by atoms with Gasteiger partial charge in [0.25, 0.3) is 0 Å². The fourth-order valence-electron chi connectivity index (χ4n) is 1.05. The van der Waals surface area contributed by atoms with E-state index in [0.29, 0.717) is 5.92 Å². The van der Waals surface area contributed by atoms with Gasteiger partial charge in [-0.25, -0.2) is 4.98 Å². The molecule has 0 bridgehead atoms. The van der Waals surface area contributed by atoms with E-state index in [4.69, 9.17) is 0 Å². The first-order valence-electron chi connectivity index (χ1n) is 4.10. The zero-order valence-corrected chi connectivity index (χ0v) is 8.07. The molecule has 1 heterocycles. The Morgan fingerprint density at radius 1 is 1.50 bits per heavy atom. The zero-order chi connectivity index (χ0) is 9.14. The second-order valence-corrected chi connectivity index (χ2v) is 3.18. The average Bonchev–Trinajstić information content (AvgIpc) is 2.04. The second-order valence-electron chi connectivity index (χ2n) is 3.18. The molecule has 1 aromatic rings. The topological polar surface area (TPSA) is 30.2 Å². The van der Waals surface area contributed by atoms with Crippen LogP contribution in [0.15, 0.2) is 17.4 Å². The van der Waals surface area contributed by atoms with Crippen molar-refractivity contribution in [2.45, 2.75) is 19.8 Å². The minimum absolute atomic E-state index is 0.523. The van der Waals surface area contributed by atoms with Crippen LogP contribution in [0.3, 0.4) is 0 Å². The Morgan fingerprint density at radius 2 is 2.17 bits per heavy atom. The van der Waals surface area contributed by atoms with Gasteiger partial charge in [-0.15, -0.1) is 0 Å². The first kappa shape index (κ1) is 8.97. The lowest BCUT2D eigenvalue weighted by atomic mass is 10.1. The zero-order valence-electron chi connectivity index (χ0n) is 8.07. The summed E-state index contributed by atoms with van der Waals surface area (Å²) in [6, 6.07) is 0. The molecule has 0 amide bonds. The average molecular weight is 165 g/mol. The molecule has 0 N–H and O–H groups in total. The van der Waals surface area contributed by atoms with E-state index < -0.39 is 0 Å². The largest absolute Gasteiger partial charge is 0.320 e. The van der Waals surface area contributed by atoms with Gasteiger partial charge in [0.2, 0.25) is 5.62 Å². The van der Waals surface area contributed by atoms with Gasteiger partial charge in [-0.1, -0.05) is 13.8 Å². The number of hydrogen-bond acceptors (Lipinski definition) is 2. The molecule has 0 atom stereocenters. The summed E-state index contributed by atoms with van der Waals surface area (Å²) in [5.74, 6) is 0.523. The lowest BCUT2D eigenvalue weighted by Crippen LogP contribution is -2.21. The lowest BCUT2D eigenvalue weighted by Gasteiger charge is -2.06. The van der Waals surface area contributed by atoms with E-state index in [9.17, 15) is 0 Å². The Morgan fingerprint density at radius 3 is 2.58 bits per heavy atom. The van der Waals surface area contributed by atoms with E-state index in [-0.39, 0.29) is 0 Å². The Kier molecular flexibility index (Phi) is 2.63. The molecule has 0 saturated carbocycles. The maximum atomic E-state index is 4.21. The SMILES string of the molecule is CN=c1ncc(C(C)C)cn1C. The third-order valence-electron chi connectivity index (χ3n) is 1.85. The number of aryl methyl sites for hydroxylation is 1. The van der Waals surface area contributed by atoms with Gasteiger partial charge in [0, 0.05) is 26.5 Å². The summed E-state index contributed by atoms with van der Waals surface area (Å²) in [5.41, 5.74) is 2.00. The van der Waals surface area contributed by atoms with Crippen LogP contribution in [0, 0.1) is 0 Å². The van der Waals surface area contributed by atoms with Crippen molar-refractivity contribution in [3.05, 3.63) is 23.6 Å². The molecule has 0 aliphatic heterocycles. The van der Waals surface area contributed by atoms with Gasteiger partial charge in [0.1, 0.15) is 0 Å². The van der Waals surface area contributed by atoms with Crippen molar-refractivity contribution in [3.8, 4) is 0 Å². The summed E-state index contributed by atoms with van der Waals surface area (Å²) in [6.07, 6.45) is 3.95. The van der Waals surface area contributed by atoms with Crippen LogP contribution < -0.4 is 5.62 Å². The quantitative estimate of drug-likeness (QED) is 0.612. The molecule has 3 heteroatoms. The highest BCUT2D eigenvalue weighted by Crippen LogP contribution is 2.09. The summed E-state index contributed by atoms with van der Waals surface area (Å²) >= 11 is 0. The van der Waals surface area contributed by atoms with E-state index in [1.54, 1.807) is 7.05 Å². The summed E-state index contributed by atoms with van der Waals surface area (Å²) in [4.78, 5) is 8.24. The second kappa shape index (κ2) is 3.52. The Balaban J connectivity index is 3.20. The van der Waals surface area contributed by atoms with Crippen molar-refractivity contribution in [1.29, 1.82) is 0 Å². The van der Waals surface area contributed by atoms with Crippen molar-refractivity contribution in [3.63, 3.8) is 0 Å². The van der Waals surface area contributed by atoms with Crippen molar-refractivity contribution in [1.82, 2.24) is 9.55 Å². The first-order chi connectivity index (χ1) is 5.65. The fraction of sp³-hybridized carbons (Fsp3) is 0.556. The van der Waals surface area contributed by atoms with E-state index in [1.807, 2.05) is 17.8 Å². The minimum Gasteiger partial charge on any atom is -0.320 e. The van der Waals surface area contributed by atoms with Crippen LogP contribution >= 0.6 is 0 Å². The predicted octanol–water partition coefficient (Wildman–Crippen LogP) is 1.07. The highest BCUT2D eigenvalue weighted by molar-refractivity contribution is 5.07. The molecule has 0 saturated heterocycles. The van der Waals surface area contributed by atoms with Crippen molar-refractivity contribution < 1.29 is 0 Å². The molecule has 66 valence electrons. The third kappa shape index (κ3) is 1.72. The smallest absolute Gasteiger partial charge is 0.224 e. The van der Waals surface area contributed by atoms with Crippen LogP contribution in [0.25, 0.3) is 0 Å². The summed E-state index contributed by atoms with van der Waals surface area (Å²) in [5, 5.41) is 0. The molecule has 1 rings (SSSR count). The Hall–Kier alpha value is -1.12. The van der Waals surface area contributed by atoms with Gasteiger partial charge >= 0.3 is 0 Å². The van der Waals surface area contributed by atoms with Gasteiger partial charge in [-0.2, -0.15) is 0 Å². The van der Waals surface area contributed by atoms with Gasteiger partial charge in [0.05, 0.1) is 0 Å². The standard InChI is InChI=1S/C9H15N3/c1-7(2)8-5-11-9(10-3)12(4)6-8/h5-7H,1-4H3. The molecule has 12 heavy (non-hydrogen) atoms. The number of nitrogens with zero attached hydrogens (tertiary/aromatic N) is 3. The Bertz CT molecular complexity index is 323. The minimum atomic E-state index is 0.523. The molecule has 1 aromatic heterocycles. The van der Waals surface area contributed by atoms with Crippen LogP contribution in [-0.4, -0.2) is 16.6 Å². The highest BCUT2D eigenvalue weighted by Gasteiger charge is 1.99. The monoisotopic (exact) mass is 165 g/mol. The third-order valence-corrected chi connectivity index (χ3v) is 1.85. The van der Waals surface area contributed by atoms with Gasteiger partial charge in [0.15, 0.2) is 0 Å². The first-order valence-corrected chi connectivity index (χ1v) is 4.10. The van der Waals surface area contributed by atoms with Crippen LogP contribution in [0.1, 0.15) is 25.3 Å². The van der Waals surface area contributed by atoms with E-state index >= 15 is 0 Å². The fourth-order valence-corrected chi connectivity index (χ4v) is 1.05. The van der Waals surface area contributed by atoms with Crippen LogP contribution in [0.2, 0.25) is 0 Å². The van der Waals surface area contributed by atoms with Crippen molar-refractivity contribution in [2.24, 2.45) is 12.0 Å². The molecule has 0 aromatic carbocycles. The van der Waals surface area contributed by atoms with Gasteiger partial charge in [-0.05, 0) is 11.5 Å². The van der Waals surface area contributed by atoms with Crippen LogP contribution in [0.5, 0.6) is 0 Å². The maximum absolute atomic E-state index is 4.21. The van der Waals surface area contributed by atoms with Crippen LogP contribution in [0.4, 0.5) is 0 Å². The van der Waals surface area contributed by atoms with Gasteiger partial charge < -0.3 is 4.57 Å². The molecule has 0 spiro atoms. The molecule has 0 fully saturated rings.